The molecular formula is C19H30IN3. The van der Waals surface area contributed by atoms with Crippen LogP contribution in [-0.4, -0.2) is 37.5 Å². The molecule has 1 aromatic rings. The lowest BCUT2D eigenvalue weighted by atomic mass is 9.93. The van der Waals surface area contributed by atoms with E-state index in [0.29, 0.717) is 10.8 Å². The van der Waals surface area contributed by atoms with E-state index in [-0.39, 0.29) is 24.0 Å². The number of benzene rings is 1. The van der Waals surface area contributed by atoms with E-state index in [4.69, 9.17) is 0 Å². The van der Waals surface area contributed by atoms with Crippen molar-refractivity contribution in [1.82, 2.24) is 10.2 Å². The van der Waals surface area contributed by atoms with Crippen LogP contribution in [0, 0.1) is 10.8 Å². The summed E-state index contributed by atoms with van der Waals surface area (Å²) in [5.74, 6) is 1.09. The largest absolute Gasteiger partial charge is 0.356 e. The van der Waals surface area contributed by atoms with Crippen LogP contribution >= 0.6 is 24.0 Å². The number of likely N-dealkylation sites (tertiary alicyclic amines) is 1. The third-order valence-corrected chi connectivity index (χ3v) is 5.19. The van der Waals surface area contributed by atoms with Crippen molar-refractivity contribution < 1.29 is 0 Å². The van der Waals surface area contributed by atoms with E-state index in [2.05, 4.69) is 59.4 Å². The highest BCUT2D eigenvalue weighted by molar-refractivity contribution is 14.0. The molecule has 1 aromatic carbocycles. The summed E-state index contributed by atoms with van der Waals surface area (Å²) in [6.07, 6.45) is 5.10. The van der Waals surface area contributed by atoms with E-state index < -0.39 is 0 Å². The molecule has 0 atom stereocenters. The Hall–Kier alpha value is -0.780. The van der Waals surface area contributed by atoms with Crippen LogP contribution in [0.3, 0.4) is 0 Å². The van der Waals surface area contributed by atoms with Gasteiger partial charge < -0.3 is 10.2 Å². The van der Waals surface area contributed by atoms with Gasteiger partial charge in [-0.05, 0) is 42.1 Å². The number of rotatable bonds is 4. The number of nitrogens with one attached hydrogen (secondary N) is 1. The monoisotopic (exact) mass is 427 g/mol. The van der Waals surface area contributed by atoms with Gasteiger partial charge in [-0.15, -0.1) is 24.0 Å². The second-order valence-electron chi connectivity index (χ2n) is 7.90. The van der Waals surface area contributed by atoms with Gasteiger partial charge in [-0.25, -0.2) is 0 Å². The van der Waals surface area contributed by atoms with Gasteiger partial charge in [0.25, 0.3) is 0 Å². The Bertz CT molecular complexity index is 535. The number of hydrogen-bond acceptors (Lipinski definition) is 1. The van der Waals surface area contributed by atoms with Crippen molar-refractivity contribution in [3.05, 3.63) is 35.9 Å². The van der Waals surface area contributed by atoms with E-state index in [1.54, 1.807) is 0 Å². The van der Waals surface area contributed by atoms with Crippen molar-refractivity contribution in [3.63, 3.8) is 0 Å². The van der Waals surface area contributed by atoms with Crippen molar-refractivity contribution >= 4 is 29.9 Å². The van der Waals surface area contributed by atoms with Gasteiger partial charge in [0.15, 0.2) is 5.96 Å². The van der Waals surface area contributed by atoms with Crippen LogP contribution in [0.4, 0.5) is 0 Å². The summed E-state index contributed by atoms with van der Waals surface area (Å²) in [5, 5.41) is 3.65. The molecule has 1 N–H and O–H groups in total. The summed E-state index contributed by atoms with van der Waals surface area (Å²) in [4.78, 5) is 6.92. The molecule has 1 saturated carbocycles. The quantitative estimate of drug-likeness (QED) is 0.448. The van der Waals surface area contributed by atoms with Crippen LogP contribution in [0.25, 0.3) is 0 Å². The predicted molar refractivity (Wildman–Crippen MR) is 109 cm³/mol. The smallest absolute Gasteiger partial charge is 0.193 e. The van der Waals surface area contributed by atoms with Gasteiger partial charge >= 0.3 is 0 Å². The summed E-state index contributed by atoms with van der Waals surface area (Å²) in [6, 6.07) is 10.9. The first-order valence-corrected chi connectivity index (χ1v) is 8.52. The summed E-state index contributed by atoms with van der Waals surface area (Å²) in [6.45, 7) is 7.97. The standard InChI is InChI=1S/C19H29N3.HI/c1-18(2)11-12-22(15-18)17(20-3)21-14-19(9-10-19)13-16-7-5-4-6-8-16;/h4-8H,9-15H2,1-3H3,(H,20,21);1H. The molecule has 0 aromatic heterocycles. The van der Waals surface area contributed by atoms with Gasteiger partial charge in [0, 0.05) is 26.7 Å². The number of nitrogens with zero attached hydrogens (tertiary/aromatic N) is 2. The second-order valence-corrected chi connectivity index (χ2v) is 7.90. The maximum Gasteiger partial charge on any atom is 0.193 e. The third kappa shape index (κ3) is 4.85. The van der Waals surface area contributed by atoms with E-state index >= 15 is 0 Å². The van der Waals surface area contributed by atoms with Gasteiger partial charge in [-0.2, -0.15) is 0 Å². The maximum absolute atomic E-state index is 4.50. The van der Waals surface area contributed by atoms with Gasteiger partial charge in [-0.3, -0.25) is 4.99 Å². The molecule has 4 heteroatoms. The summed E-state index contributed by atoms with van der Waals surface area (Å²) in [7, 11) is 1.91. The molecule has 3 rings (SSSR count). The Labute approximate surface area is 158 Å². The first-order chi connectivity index (χ1) is 10.5. The lowest BCUT2D eigenvalue weighted by Gasteiger charge is -2.25. The fourth-order valence-corrected chi connectivity index (χ4v) is 3.51. The van der Waals surface area contributed by atoms with E-state index in [0.717, 1.165) is 25.6 Å². The molecule has 0 bridgehead atoms. The molecule has 0 radical (unpaired) electrons. The summed E-state index contributed by atoms with van der Waals surface area (Å²) < 4.78 is 0. The molecule has 0 spiro atoms. The minimum Gasteiger partial charge on any atom is -0.356 e. The number of halogens is 1. The van der Waals surface area contributed by atoms with Crippen LogP contribution in [0.2, 0.25) is 0 Å². The summed E-state index contributed by atoms with van der Waals surface area (Å²) in [5.41, 5.74) is 2.32. The van der Waals surface area contributed by atoms with Gasteiger partial charge in [0.1, 0.15) is 0 Å². The van der Waals surface area contributed by atoms with Crippen molar-refractivity contribution in [2.45, 2.75) is 39.5 Å². The molecular weight excluding hydrogens is 397 g/mol. The van der Waals surface area contributed by atoms with Crippen LogP contribution in [0.1, 0.15) is 38.7 Å². The Morgan fingerprint density at radius 1 is 1.17 bits per heavy atom. The number of hydrogen-bond donors (Lipinski definition) is 1. The average Bonchev–Trinajstić information content (AvgIpc) is 3.16. The lowest BCUT2D eigenvalue weighted by molar-refractivity contribution is 0.367. The fourth-order valence-electron chi connectivity index (χ4n) is 3.51. The molecule has 3 nitrogen and oxygen atoms in total. The first kappa shape index (κ1) is 18.6. The normalized spacial score (nSPS) is 21.7. The zero-order chi connectivity index (χ0) is 15.6. The zero-order valence-electron chi connectivity index (χ0n) is 14.6. The molecule has 128 valence electrons. The predicted octanol–water partition coefficient (Wildman–Crippen LogP) is 3.93. The van der Waals surface area contributed by atoms with Crippen LogP contribution in [0.15, 0.2) is 35.3 Å². The molecule has 2 fully saturated rings. The van der Waals surface area contributed by atoms with Crippen molar-refractivity contribution in [1.29, 1.82) is 0 Å². The van der Waals surface area contributed by atoms with Gasteiger partial charge in [0.2, 0.25) is 0 Å². The highest BCUT2D eigenvalue weighted by Gasteiger charge is 2.43. The Morgan fingerprint density at radius 3 is 2.39 bits per heavy atom. The molecule has 0 unspecified atom stereocenters. The molecule has 1 saturated heterocycles. The van der Waals surface area contributed by atoms with E-state index in [1.807, 2.05) is 7.05 Å². The van der Waals surface area contributed by atoms with Gasteiger partial charge in [0.05, 0.1) is 0 Å². The minimum absolute atomic E-state index is 0. The molecule has 2 aliphatic rings. The molecule has 1 heterocycles. The highest BCUT2D eigenvalue weighted by atomic mass is 127. The Kier molecular flexibility index (Phi) is 5.98. The SMILES string of the molecule is CN=C(NCC1(Cc2ccccc2)CC1)N1CCC(C)(C)C1.I. The Balaban J connectivity index is 0.00000192. The average molecular weight is 427 g/mol. The van der Waals surface area contributed by atoms with Gasteiger partial charge in [-0.1, -0.05) is 44.2 Å². The van der Waals surface area contributed by atoms with Crippen LogP contribution in [-0.2, 0) is 6.42 Å². The molecule has 23 heavy (non-hydrogen) atoms. The fraction of sp³-hybridized carbons (Fsp3) is 0.632. The topological polar surface area (TPSA) is 27.6 Å². The minimum atomic E-state index is 0. The maximum atomic E-state index is 4.50. The summed E-state index contributed by atoms with van der Waals surface area (Å²) >= 11 is 0. The Morgan fingerprint density at radius 2 is 1.87 bits per heavy atom. The van der Waals surface area contributed by atoms with E-state index in [1.165, 1.54) is 31.2 Å². The van der Waals surface area contributed by atoms with Crippen LogP contribution < -0.4 is 5.32 Å². The second kappa shape index (κ2) is 7.41. The molecule has 1 aliphatic heterocycles. The number of guanidine groups is 1. The van der Waals surface area contributed by atoms with Crippen molar-refractivity contribution in [2.75, 3.05) is 26.7 Å². The highest BCUT2D eigenvalue weighted by Crippen LogP contribution is 2.47. The molecule has 1 aliphatic carbocycles. The lowest BCUT2D eigenvalue weighted by Crippen LogP contribution is -2.43. The van der Waals surface area contributed by atoms with Crippen molar-refractivity contribution in [2.24, 2.45) is 15.8 Å². The van der Waals surface area contributed by atoms with Crippen molar-refractivity contribution in [3.8, 4) is 0 Å². The first-order valence-electron chi connectivity index (χ1n) is 8.52. The third-order valence-electron chi connectivity index (χ3n) is 5.19. The van der Waals surface area contributed by atoms with Crippen LogP contribution in [0.5, 0.6) is 0 Å². The molecule has 0 amide bonds. The number of aliphatic imine (C=N–C) groups is 1. The van der Waals surface area contributed by atoms with E-state index in [9.17, 15) is 0 Å². The zero-order valence-corrected chi connectivity index (χ0v) is 17.0.